The van der Waals surface area contributed by atoms with Crippen LogP contribution in [-0.4, -0.2) is 44.6 Å². The summed E-state index contributed by atoms with van der Waals surface area (Å²) in [7, 11) is 0. The third kappa shape index (κ3) is 2.23. The first-order valence-corrected chi connectivity index (χ1v) is 7.50. The monoisotopic (exact) mass is 272 g/mol. The molecule has 0 aromatic heterocycles. The normalized spacial score (nSPS) is 30.0. The number of carboxylic acids is 1. The molecular formula is C12H20N2O3S. The lowest BCUT2D eigenvalue weighted by Crippen LogP contribution is -2.62. The van der Waals surface area contributed by atoms with E-state index in [1.54, 1.807) is 11.8 Å². The SMILES string of the molecule is CCCC1SCC(C(=O)O)N1C(=O)C1(N)CCC1. The van der Waals surface area contributed by atoms with E-state index in [0.717, 1.165) is 19.3 Å². The summed E-state index contributed by atoms with van der Waals surface area (Å²) in [6.07, 6.45) is 4.08. The Balaban J connectivity index is 2.17. The predicted octanol–water partition coefficient (Wildman–Crippen LogP) is 1.02. The second-order valence-electron chi connectivity index (χ2n) is 5.15. The van der Waals surface area contributed by atoms with Gasteiger partial charge in [0.05, 0.1) is 10.9 Å². The topological polar surface area (TPSA) is 83.6 Å². The number of hydrogen-bond donors (Lipinski definition) is 2. The van der Waals surface area contributed by atoms with Crippen LogP contribution < -0.4 is 5.73 Å². The van der Waals surface area contributed by atoms with Gasteiger partial charge in [-0.25, -0.2) is 4.79 Å². The Morgan fingerprint density at radius 1 is 1.50 bits per heavy atom. The molecule has 0 radical (unpaired) electrons. The molecule has 2 fully saturated rings. The summed E-state index contributed by atoms with van der Waals surface area (Å²) in [6, 6.07) is -0.708. The highest BCUT2D eigenvalue weighted by Crippen LogP contribution is 2.38. The fourth-order valence-corrected chi connectivity index (χ4v) is 4.04. The first-order chi connectivity index (χ1) is 8.49. The van der Waals surface area contributed by atoms with E-state index < -0.39 is 17.6 Å². The summed E-state index contributed by atoms with van der Waals surface area (Å²) < 4.78 is 0. The van der Waals surface area contributed by atoms with E-state index in [2.05, 4.69) is 0 Å². The lowest BCUT2D eigenvalue weighted by atomic mass is 9.76. The highest BCUT2D eigenvalue weighted by Gasteiger charge is 2.50. The van der Waals surface area contributed by atoms with Crippen molar-refractivity contribution in [3.63, 3.8) is 0 Å². The second-order valence-corrected chi connectivity index (χ2v) is 6.36. The summed E-state index contributed by atoms with van der Waals surface area (Å²) in [5, 5.41) is 9.20. The minimum Gasteiger partial charge on any atom is -0.480 e. The molecule has 0 spiro atoms. The summed E-state index contributed by atoms with van der Waals surface area (Å²) in [4.78, 5) is 25.3. The van der Waals surface area contributed by atoms with Crippen molar-refractivity contribution in [2.45, 2.75) is 56.0 Å². The predicted molar refractivity (Wildman–Crippen MR) is 70.2 cm³/mol. The Kier molecular flexibility index (Phi) is 3.87. The molecule has 6 heteroatoms. The third-order valence-corrected chi connectivity index (χ3v) is 5.18. The van der Waals surface area contributed by atoms with E-state index in [1.807, 2.05) is 6.92 Å². The van der Waals surface area contributed by atoms with Gasteiger partial charge < -0.3 is 15.7 Å². The molecule has 0 bridgehead atoms. The van der Waals surface area contributed by atoms with Gasteiger partial charge in [0, 0.05) is 5.75 Å². The van der Waals surface area contributed by atoms with Crippen LogP contribution in [0.25, 0.3) is 0 Å². The van der Waals surface area contributed by atoms with Gasteiger partial charge in [-0.1, -0.05) is 13.3 Å². The van der Waals surface area contributed by atoms with Crippen molar-refractivity contribution < 1.29 is 14.7 Å². The van der Waals surface area contributed by atoms with E-state index in [1.165, 1.54) is 4.90 Å². The Bertz CT molecular complexity index is 357. The molecule has 102 valence electrons. The number of carboxylic acid groups (broad SMARTS) is 1. The maximum atomic E-state index is 12.5. The van der Waals surface area contributed by atoms with E-state index in [4.69, 9.17) is 5.73 Å². The maximum Gasteiger partial charge on any atom is 0.327 e. The molecule has 2 atom stereocenters. The van der Waals surface area contributed by atoms with Crippen molar-refractivity contribution in [1.29, 1.82) is 0 Å². The van der Waals surface area contributed by atoms with Crippen LogP contribution in [0.5, 0.6) is 0 Å². The Labute approximate surface area is 111 Å². The number of carbonyl (C=O) groups is 2. The summed E-state index contributed by atoms with van der Waals surface area (Å²) in [6.45, 7) is 2.04. The molecule has 2 unspecified atom stereocenters. The fraction of sp³-hybridized carbons (Fsp3) is 0.833. The van der Waals surface area contributed by atoms with Gasteiger partial charge in [0.25, 0.3) is 0 Å². The van der Waals surface area contributed by atoms with Crippen molar-refractivity contribution >= 4 is 23.6 Å². The van der Waals surface area contributed by atoms with Crippen LogP contribution in [0, 0.1) is 0 Å². The summed E-state index contributed by atoms with van der Waals surface area (Å²) in [5.41, 5.74) is 5.25. The molecule has 1 heterocycles. The van der Waals surface area contributed by atoms with Crippen LogP contribution >= 0.6 is 11.8 Å². The van der Waals surface area contributed by atoms with Crippen LogP contribution in [0.15, 0.2) is 0 Å². The third-order valence-electron chi connectivity index (χ3n) is 3.82. The van der Waals surface area contributed by atoms with Gasteiger partial charge in [-0.3, -0.25) is 4.79 Å². The quantitative estimate of drug-likeness (QED) is 0.798. The van der Waals surface area contributed by atoms with Crippen LogP contribution in [0.2, 0.25) is 0 Å². The number of hydrogen-bond acceptors (Lipinski definition) is 4. The first kappa shape index (κ1) is 13.7. The smallest absolute Gasteiger partial charge is 0.327 e. The number of carbonyl (C=O) groups excluding carboxylic acids is 1. The molecule has 1 aliphatic carbocycles. The maximum absolute atomic E-state index is 12.5. The molecule has 5 nitrogen and oxygen atoms in total. The zero-order valence-corrected chi connectivity index (χ0v) is 11.4. The zero-order chi connectivity index (χ0) is 13.3. The molecule has 18 heavy (non-hydrogen) atoms. The van der Waals surface area contributed by atoms with Crippen LogP contribution in [0.1, 0.15) is 39.0 Å². The first-order valence-electron chi connectivity index (χ1n) is 6.45. The molecule has 1 saturated heterocycles. The summed E-state index contributed by atoms with van der Waals surface area (Å²) >= 11 is 1.56. The minimum absolute atomic E-state index is 0.0235. The van der Waals surface area contributed by atoms with Gasteiger partial charge in [0.2, 0.25) is 5.91 Å². The molecule has 1 amide bonds. The highest BCUT2D eigenvalue weighted by atomic mass is 32.2. The number of rotatable bonds is 4. The van der Waals surface area contributed by atoms with Crippen molar-refractivity contribution in [3.05, 3.63) is 0 Å². The number of nitrogens with zero attached hydrogens (tertiary/aromatic N) is 1. The zero-order valence-electron chi connectivity index (χ0n) is 10.6. The van der Waals surface area contributed by atoms with Crippen LogP contribution in [0.3, 0.4) is 0 Å². The van der Waals surface area contributed by atoms with Crippen molar-refractivity contribution in [1.82, 2.24) is 4.90 Å². The number of nitrogens with two attached hydrogens (primary N) is 1. The molecular weight excluding hydrogens is 252 g/mol. The van der Waals surface area contributed by atoms with Crippen LogP contribution in [0.4, 0.5) is 0 Å². The average molecular weight is 272 g/mol. The van der Waals surface area contributed by atoms with Gasteiger partial charge in [-0.15, -0.1) is 11.8 Å². The van der Waals surface area contributed by atoms with Crippen molar-refractivity contribution in [2.24, 2.45) is 5.73 Å². The average Bonchev–Trinajstić information content (AvgIpc) is 2.69. The number of aliphatic carboxylic acids is 1. The number of thioether (sulfide) groups is 1. The van der Waals surface area contributed by atoms with Crippen molar-refractivity contribution in [3.8, 4) is 0 Å². The number of amides is 1. The van der Waals surface area contributed by atoms with Crippen molar-refractivity contribution in [2.75, 3.05) is 5.75 Å². The lowest BCUT2D eigenvalue weighted by molar-refractivity contribution is -0.153. The lowest BCUT2D eigenvalue weighted by Gasteiger charge is -2.41. The second kappa shape index (κ2) is 5.09. The Hall–Kier alpha value is -0.750. The molecule has 2 rings (SSSR count). The van der Waals surface area contributed by atoms with E-state index in [0.29, 0.717) is 18.6 Å². The molecule has 1 aliphatic heterocycles. The fourth-order valence-electron chi connectivity index (χ4n) is 2.52. The molecule has 3 N–H and O–H groups in total. The molecule has 0 aromatic rings. The van der Waals surface area contributed by atoms with Gasteiger partial charge in [0.1, 0.15) is 6.04 Å². The Morgan fingerprint density at radius 3 is 2.61 bits per heavy atom. The van der Waals surface area contributed by atoms with Gasteiger partial charge in [-0.05, 0) is 25.7 Å². The van der Waals surface area contributed by atoms with Gasteiger partial charge in [-0.2, -0.15) is 0 Å². The van der Waals surface area contributed by atoms with E-state index in [-0.39, 0.29) is 11.3 Å². The minimum atomic E-state index is -0.919. The standard InChI is InChI=1S/C12H20N2O3S/c1-2-4-9-14(8(7-18-9)10(15)16)11(17)12(13)5-3-6-12/h8-9H,2-7,13H2,1H3,(H,15,16). The van der Waals surface area contributed by atoms with Gasteiger partial charge >= 0.3 is 5.97 Å². The molecule has 2 aliphatic rings. The molecule has 1 saturated carbocycles. The van der Waals surface area contributed by atoms with Crippen LogP contribution in [-0.2, 0) is 9.59 Å². The highest BCUT2D eigenvalue weighted by molar-refractivity contribution is 8.00. The largest absolute Gasteiger partial charge is 0.480 e. The van der Waals surface area contributed by atoms with E-state index in [9.17, 15) is 14.7 Å². The Morgan fingerprint density at radius 2 is 2.17 bits per heavy atom. The van der Waals surface area contributed by atoms with E-state index >= 15 is 0 Å². The molecule has 0 aromatic carbocycles. The summed E-state index contributed by atoms with van der Waals surface area (Å²) in [5.74, 6) is -0.607. The van der Waals surface area contributed by atoms with Gasteiger partial charge in [0.15, 0.2) is 0 Å².